The summed E-state index contributed by atoms with van der Waals surface area (Å²) in [6, 6.07) is 14.5. The Kier molecular flexibility index (Phi) is 21.5. The van der Waals surface area contributed by atoms with Crippen molar-refractivity contribution in [3.8, 4) is 0 Å². The van der Waals surface area contributed by atoms with Gasteiger partial charge in [-0.25, -0.2) is 4.79 Å². The number of nitrogens with zero attached hydrogens (tertiary/aromatic N) is 1. The maximum Gasteiger partial charge on any atom is 0.328 e. The van der Waals surface area contributed by atoms with Gasteiger partial charge in [-0.1, -0.05) is 107 Å². The zero-order valence-electron chi connectivity index (χ0n) is 40.4. The maximum atomic E-state index is 14.2. The molecule has 1 unspecified atom stereocenters. The summed E-state index contributed by atoms with van der Waals surface area (Å²) in [5.74, 6) is -6.19. The number of likely N-dealkylation sites (tertiary alicyclic amines) is 1. The molecular formula is C50H70N8O11. The quantitative estimate of drug-likeness (QED) is 0.0498. The molecule has 0 aromatic heterocycles. The summed E-state index contributed by atoms with van der Waals surface area (Å²) >= 11 is 0. The number of hydrogen-bond donors (Lipinski definition) is 9. The Morgan fingerprint density at radius 1 is 0.739 bits per heavy atom. The first kappa shape index (κ1) is 55.2. The van der Waals surface area contributed by atoms with Gasteiger partial charge in [-0.3, -0.25) is 38.5 Å². The number of benzene rings is 3. The fraction of sp³-hybridized carbons (Fsp3) is 0.520. The molecule has 1 aliphatic rings. The van der Waals surface area contributed by atoms with E-state index in [1.54, 1.807) is 49.1 Å². The van der Waals surface area contributed by atoms with Crippen LogP contribution >= 0.6 is 0 Å². The van der Waals surface area contributed by atoms with Gasteiger partial charge < -0.3 is 52.6 Å². The van der Waals surface area contributed by atoms with Crippen LogP contribution in [-0.2, 0) is 55.9 Å². The maximum absolute atomic E-state index is 14.2. The molecular weight excluding hydrogens is 889 g/mol. The number of nitrogens with two attached hydrogens (primary N) is 1. The number of amides is 7. The van der Waals surface area contributed by atoms with Crippen LogP contribution < -0.4 is 37.6 Å². The summed E-state index contributed by atoms with van der Waals surface area (Å²) in [4.78, 5) is 108. The summed E-state index contributed by atoms with van der Waals surface area (Å²) in [5, 5.41) is 39.5. The molecule has 0 aliphatic carbocycles. The van der Waals surface area contributed by atoms with E-state index in [0.717, 1.165) is 28.8 Å². The van der Waals surface area contributed by atoms with Crippen LogP contribution in [0.2, 0.25) is 0 Å². The smallest absolute Gasteiger partial charge is 0.328 e. The number of ether oxygens (including phenoxy) is 1. The molecule has 0 saturated carbocycles. The first-order valence-corrected chi connectivity index (χ1v) is 23.5. The lowest BCUT2D eigenvalue weighted by Crippen LogP contribution is -2.60. The number of rotatable bonds is 26. The third-order valence-electron chi connectivity index (χ3n) is 12.3. The number of methoxy groups -OCH3 is 1. The molecule has 7 amide bonds. The fourth-order valence-corrected chi connectivity index (χ4v) is 8.39. The highest BCUT2D eigenvalue weighted by Gasteiger charge is 2.39. The Balaban J connectivity index is 1.51. The molecule has 19 nitrogen and oxygen atoms in total. The Morgan fingerprint density at radius 3 is 1.99 bits per heavy atom. The lowest BCUT2D eigenvalue weighted by Gasteiger charge is -2.33. The first-order valence-electron chi connectivity index (χ1n) is 23.5. The number of carbonyl (C=O) groups is 8. The molecule has 0 radical (unpaired) electrons. The van der Waals surface area contributed by atoms with Crippen LogP contribution in [0.4, 0.5) is 0 Å². The van der Waals surface area contributed by atoms with Gasteiger partial charge in [0.2, 0.25) is 41.4 Å². The van der Waals surface area contributed by atoms with Crippen LogP contribution in [0.25, 0.3) is 10.8 Å². The summed E-state index contributed by atoms with van der Waals surface area (Å²) < 4.78 is 5.07. The molecule has 10 N–H and O–H groups in total. The molecule has 1 aliphatic heterocycles. The molecule has 0 bridgehead atoms. The number of primary amides is 1. The minimum atomic E-state index is -1.55. The predicted octanol–water partition coefficient (Wildman–Crippen LogP) is 0.512. The van der Waals surface area contributed by atoms with Gasteiger partial charge in [0.05, 0.1) is 38.3 Å². The van der Waals surface area contributed by atoms with Crippen molar-refractivity contribution < 1.29 is 53.3 Å². The second-order valence-corrected chi connectivity index (χ2v) is 18.2. The molecule has 1 heterocycles. The van der Waals surface area contributed by atoms with Crippen molar-refractivity contribution >= 4 is 58.1 Å². The van der Waals surface area contributed by atoms with Gasteiger partial charge in [0.15, 0.2) is 0 Å². The molecule has 1 fully saturated rings. The molecule has 4 rings (SSSR count). The van der Waals surface area contributed by atoms with Crippen molar-refractivity contribution in [1.82, 2.24) is 36.8 Å². The second kappa shape index (κ2) is 26.9. The second-order valence-electron chi connectivity index (χ2n) is 18.2. The van der Waals surface area contributed by atoms with Crippen LogP contribution in [0.3, 0.4) is 0 Å². The highest BCUT2D eigenvalue weighted by Crippen LogP contribution is 2.22. The van der Waals surface area contributed by atoms with E-state index in [-0.39, 0.29) is 37.6 Å². The summed E-state index contributed by atoms with van der Waals surface area (Å²) in [5.41, 5.74) is 7.08. The van der Waals surface area contributed by atoms with E-state index in [9.17, 15) is 48.6 Å². The van der Waals surface area contributed by atoms with Crippen molar-refractivity contribution in [2.45, 2.75) is 128 Å². The van der Waals surface area contributed by atoms with E-state index in [4.69, 9.17) is 10.5 Å². The highest BCUT2D eigenvalue weighted by atomic mass is 16.5. The van der Waals surface area contributed by atoms with Crippen LogP contribution in [-0.4, -0.2) is 138 Å². The number of fused-ring (bicyclic) bond motifs is 1. The minimum Gasteiger partial charge on any atom is -0.467 e. The first-order chi connectivity index (χ1) is 32.8. The number of hydrogen-bond acceptors (Lipinski definition) is 12. The van der Waals surface area contributed by atoms with Crippen molar-refractivity contribution in [3.05, 3.63) is 83.9 Å². The lowest BCUT2D eigenvalue weighted by molar-refractivity contribution is -0.145. The van der Waals surface area contributed by atoms with Gasteiger partial charge >= 0.3 is 5.97 Å². The average molecular weight is 959 g/mol. The fourth-order valence-electron chi connectivity index (χ4n) is 8.39. The van der Waals surface area contributed by atoms with Crippen LogP contribution in [0.1, 0.15) is 77.8 Å². The Bertz CT molecular complexity index is 2240. The van der Waals surface area contributed by atoms with E-state index in [2.05, 4.69) is 31.9 Å². The Morgan fingerprint density at radius 2 is 1.36 bits per heavy atom. The number of aliphatic hydroxyl groups is 2. The molecule has 19 heteroatoms. The monoisotopic (exact) mass is 959 g/mol. The van der Waals surface area contributed by atoms with Gasteiger partial charge in [0.25, 0.3) is 0 Å². The van der Waals surface area contributed by atoms with Gasteiger partial charge in [-0.05, 0) is 66.0 Å². The van der Waals surface area contributed by atoms with E-state index in [1.807, 2.05) is 56.3 Å². The van der Waals surface area contributed by atoms with Crippen molar-refractivity contribution in [3.63, 3.8) is 0 Å². The zero-order valence-corrected chi connectivity index (χ0v) is 40.4. The summed E-state index contributed by atoms with van der Waals surface area (Å²) in [7, 11) is 1.24. The van der Waals surface area contributed by atoms with Crippen molar-refractivity contribution in [2.24, 2.45) is 17.6 Å². The number of β-amino-alcohol motifs (C(OH)–C–C–N with tert-alkyl or cyclic N) is 1. The van der Waals surface area contributed by atoms with E-state index < -0.39 is 109 Å². The largest absolute Gasteiger partial charge is 0.467 e. The van der Waals surface area contributed by atoms with Gasteiger partial charge in [0.1, 0.15) is 30.2 Å². The summed E-state index contributed by atoms with van der Waals surface area (Å²) in [6.07, 6.45) is -0.0987. The van der Waals surface area contributed by atoms with E-state index in [1.165, 1.54) is 7.11 Å². The lowest BCUT2D eigenvalue weighted by atomic mass is 9.96. The van der Waals surface area contributed by atoms with Gasteiger partial charge in [-0.15, -0.1) is 0 Å². The molecule has 1 saturated heterocycles. The molecule has 3 aromatic rings. The van der Waals surface area contributed by atoms with Crippen LogP contribution in [0.15, 0.2) is 72.8 Å². The average Bonchev–Trinajstić information content (AvgIpc) is 3.78. The molecule has 376 valence electrons. The van der Waals surface area contributed by atoms with Crippen LogP contribution in [0, 0.1) is 11.8 Å². The summed E-state index contributed by atoms with van der Waals surface area (Å²) in [6.45, 7) is 8.01. The Labute approximate surface area is 403 Å². The van der Waals surface area contributed by atoms with Gasteiger partial charge in [0, 0.05) is 19.9 Å². The number of nitrogens with one attached hydrogen (secondary N) is 6. The highest BCUT2D eigenvalue weighted by molar-refractivity contribution is 5.96. The van der Waals surface area contributed by atoms with Crippen molar-refractivity contribution in [2.75, 3.05) is 26.8 Å². The number of carbonyl (C=O) groups excluding carboxylic acids is 8. The third-order valence-corrected chi connectivity index (χ3v) is 12.3. The Hall–Kier alpha value is -6.44. The SMILES string of the molecule is CC[C@H](C)[C@H](NC(=O)C1CCCN1C[C@@H](O)[C@H](Cc1ccccc1)NC(=O)[C@H](CC(N)=O)NC(=O)[C@H](CC(C)C)NC(=O)[C@H](CO)NC(C)=O)C(=O)N[C@@H](Cc1ccc2ccccc2c1)C(=O)OC. The number of aliphatic hydroxyl groups excluding tert-OH is 2. The molecule has 0 spiro atoms. The topological polar surface area (TPSA) is 288 Å². The van der Waals surface area contributed by atoms with Crippen LogP contribution in [0.5, 0.6) is 0 Å². The predicted molar refractivity (Wildman–Crippen MR) is 257 cm³/mol. The van der Waals surface area contributed by atoms with Gasteiger partial charge in [-0.2, -0.15) is 0 Å². The number of esters is 1. The molecule has 3 aromatic carbocycles. The molecule has 69 heavy (non-hydrogen) atoms. The third kappa shape index (κ3) is 16.9. The molecule has 9 atom stereocenters. The minimum absolute atomic E-state index is 0.0868. The van der Waals surface area contributed by atoms with Crippen molar-refractivity contribution in [1.29, 1.82) is 0 Å². The normalized spacial score (nSPS) is 17.2. The van der Waals surface area contributed by atoms with E-state index >= 15 is 0 Å². The zero-order chi connectivity index (χ0) is 50.8. The standard InChI is InChI=1S/C50H70N8O11/c1-7-30(4)44(49(67)56-39(50(68)69-6)25-33-19-20-34-16-11-12-17-35(34)23-33)57-48(66)41-18-13-21-58(41)27-42(61)36(24-32-14-9-8-10-15-32)53-46(64)38(26-43(51)62)55-45(63)37(22-29(2)3)54-47(65)40(28-59)52-31(5)60/h8-12,14-17,19-20,23,29-30,36-42,44,59,61H,7,13,18,21-22,24-28H2,1-6H3,(H2,51,62)(H,52,60)(H,53,64)(H,54,65)(H,55,63)(H,56,67)(H,57,66)/t30-,36-,37-,38-,39-,40-,41?,42+,44-/m0/s1. The van der Waals surface area contributed by atoms with E-state index in [0.29, 0.717) is 25.8 Å².